The Morgan fingerprint density at radius 1 is 1.33 bits per heavy atom. The van der Waals surface area contributed by atoms with Gasteiger partial charge in [-0.2, -0.15) is 0 Å². The van der Waals surface area contributed by atoms with Crippen LogP contribution in [0.2, 0.25) is 0 Å². The monoisotopic (exact) mass is 293 g/mol. The van der Waals surface area contributed by atoms with Gasteiger partial charge in [0.1, 0.15) is 5.82 Å². The quantitative estimate of drug-likeness (QED) is 0.483. The lowest BCUT2D eigenvalue weighted by molar-refractivity contribution is -0.385. The number of aromatic nitrogens is 2. The van der Waals surface area contributed by atoms with E-state index in [1.54, 1.807) is 0 Å². The number of carbonyl (C=O) groups is 1. The molecule has 1 aromatic carbocycles. The number of nitro benzene ring substituents is 1. The summed E-state index contributed by atoms with van der Waals surface area (Å²) in [6.45, 7) is 0. The SMILES string of the molecule is COC(=O)c1cnc(Oc2ccc(F)cc2[N+](=O)[O-])cn1. The van der Waals surface area contributed by atoms with Crippen LogP contribution in [0.5, 0.6) is 11.6 Å². The highest BCUT2D eigenvalue weighted by molar-refractivity contribution is 5.86. The lowest BCUT2D eigenvalue weighted by Crippen LogP contribution is -2.05. The topological polar surface area (TPSA) is 104 Å². The molecule has 0 saturated carbocycles. The number of hydrogen-bond acceptors (Lipinski definition) is 7. The summed E-state index contributed by atoms with van der Waals surface area (Å²) in [5.74, 6) is -1.72. The molecule has 1 aromatic heterocycles. The summed E-state index contributed by atoms with van der Waals surface area (Å²) >= 11 is 0. The van der Waals surface area contributed by atoms with Crippen molar-refractivity contribution in [3.8, 4) is 11.6 Å². The summed E-state index contributed by atoms with van der Waals surface area (Å²) in [5.41, 5.74) is -0.590. The van der Waals surface area contributed by atoms with E-state index in [0.717, 1.165) is 30.6 Å². The zero-order valence-electron chi connectivity index (χ0n) is 10.6. The van der Waals surface area contributed by atoms with Gasteiger partial charge >= 0.3 is 11.7 Å². The largest absolute Gasteiger partial charge is 0.464 e. The fourth-order valence-corrected chi connectivity index (χ4v) is 1.41. The van der Waals surface area contributed by atoms with Gasteiger partial charge in [0.25, 0.3) is 0 Å². The van der Waals surface area contributed by atoms with E-state index in [2.05, 4.69) is 14.7 Å². The number of rotatable bonds is 4. The predicted octanol–water partition coefficient (Wildman–Crippen LogP) is 2.10. The third-order valence-corrected chi connectivity index (χ3v) is 2.35. The number of benzene rings is 1. The molecular weight excluding hydrogens is 285 g/mol. The van der Waals surface area contributed by atoms with Crippen molar-refractivity contribution in [1.29, 1.82) is 0 Å². The molecule has 108 valence electrons. The van der Waals surface area contributed by atoms with Crippen LogP contribution in [0.25, 0.3) is 0 Å². The molecule has 0 aliphatic heterocycles. The lowest BCUT2D eigenvalue weighted by Gasteiger charge is -2.05. The number of halogens is 1. The molecule has 0 aliphatic rings. The third-order valence-electron chi connectivity index (χ3n) is 2.35. The first-order valence-electron chi connectivity index (χ1n) is 5.53. The normalized spacial score (nSPS) is 10.0. The Labute approximate surface area is 117 Å². The van der Waals surface area contributed by atoms with E-state index in [9.17, 15) is 19.3 Å². The van der Waals surface area contributed by atoms with E-state index in [0.29, 0.717) is 0 Å². The van der Waals surface area contributed by atoms with Crippen molar-refractivity contribution in [2.24, 2.45) is 0 Å². The Morgan fingerprint density at radius 3 is 2.67 bits per heavy atom. The van der Waals surface area contributed by atoms with E-state index in [4.69, 9.17) is 4.74 Å². The molecule has 8 nitrogen and oxygen atoms in total. The smallest absolute Gasteiger partial charge is 0.358 e. The molecule has 0 saturated heterocycles. The average molecular weight is 293 g/mol. The van der Waals surface area contributed by atoms with Gasteiger partial charge in [-0.15, -0.1) is 0 Å². The molecule has 9 heteroatoms. The number of carbonyl (C=O) groups excluding carboxylic acids is 1. The molecule has 2 rings (SSSR count). The number of nitrogens with zero attached hydrogens (tertiary/aromatic N) is 3. The Morgan fingerprint density at radius 2 is 2.10 bits per heavy atom. The van der Waals surface area contributed by atoms with Gasteiger partial charge < -0.3 is 9.47 Å². The summed E-state index contributed by atoms with van der Waals surface area (Å²) in [4.78, 5) is 28.7. The van der Waals surface area contributed by atoms with E-state index in [1.807, 2.05) is 0 Å². The number of methoxy groups -OCH3 is 1. The van der Waals surface area contributed by atoms with Crippen LogP contribution in [0.15, 0.2) is 30.6 Å². The maximum Gasteiger partial charge on any atom is 0.358 e. The first-order valence-corrected chi connectivity index (χ1v) is 5.53. The van der Waals surface area contributed by atoms with Gasteiger partial charge in [-0.05, 0) is 12.1 Å². The number of esters is 1. The molecule has 0 spiro atoms. The second kappa shape index (κ2) is 5.90. The summed E-state index contributed by atoms with van der Waals surface area (Å²) in [6, 6.07) is 2.84. The van der Waals surface area contributed by atoms with E-state index < -0.39 is 22.4 Å². The standard InChI is InChI=1S/C12H8FN3O5/c1-20-12(17)8-5-15-11(6-14-8)21-10-3-2-7(13)4-9(10)16(18)19/h2-6H,1H3. The van der Waals surface area contributed by atoms with Crippen molar-refractivity contribution in [2.75, 3.05) is 7.11 Å². The van der Waals surface area contributed by atoms with E-state index in [1.165, 1.54) is 7.11 Å². The van der Waals surface area contributed by atoms with Crippen molar-refractivity contribution in [2.45, 2.75) is 0 Å². The minimum absolute atomic E-state index is 0.0431. The highest BCUT2D eigenvalue weighted by Crippen LogP contribution is 2.30. The van der Waals surface area contributed by atoms with Gasteiger partial charge in [0.15, 0.2) is 5.69 Å². The Hall–Kier alpha value is -3.10. The molecule has 0 N–H and O–H groups in total. The van der Waals surface area contributed by atoms with Gasteiger partial charge in [-0.25, -0.2) is 19.2 Å². The number of hydrogen-bond donors (Lipinski definition) is 0. The van der Waals surface area contributed by atoms with Crippen LogP contribution < -0.4 is 4.74 Å². The van der Waals surface area contributed by atoms with E-state index >= 15 is 0 Å². The fourth-order valence-electron chi connectivity index (χ4n) is 1.41. The summed E-state index contributed by atoms with van der Waals surface area (Å²) in [7, 11) is 1.19. The van der Waals surface area contributed by atoms with Crippen molar-refractivity contribution >= 4 is 11.7 Å². The van der Waals surface area contributed by atoms with Gasteiger partial charge in [-0.3, -0.25) is 10.1 Å². The van der Waals surface area contributed by atoms with E-state index in [-0.39, 0.29) is 17.3 Å². The summed E-state index contributed by atoms with van der Waals surface area (Å²) in [6.07, 6.45) is 2.19. The first-order chi connectivity index (χ1) is 10.0. The maximum absolute atomic E-state index is 13.0. The van der Waals surface area contributed by atoms with Crippen molar-refractivity contribution in [3.05, 3.63) is 52.2 Å². The zero-order chi connectivity index (χ0) is 15.4. The first kappa shape index (κ1) is 14.3. The Bertz CT molecular complexity index is 690. The van der Waals surface area contributed by atoms with Crippen molar-refractivity contribution in [3.63, 3.8) is 0 Å². The van der Waals surface area contributed by atoms with Gasteiger partial charge in [0.05, 0.1) is 30.5 Å². The Balaban J connectivity index is 2.26. The third kappa shape index (κ3) is 3.26. The average Bonchev–Trinajstić information content (AvgIpc) is 2.49. The summed E-state index contributed by atoms with van der Waals surface area (Å²) < 4.78 is 22.6. The van der Waals surface area contributed by atoms with Crippen LogP contribution >= 0.6 is 0 Å². The molecular formula is C12H8FN3O5. The second-order valence-electron chi connectivity index (χ2n) is 3.70. The van der Waals surface area contributed by atoms with Crippen molar-refractivity contribution in [1.82, 2.24) is 9.97 Å². The molecule has 0 amide bonds. The maximum atomic E-state index is 13.0. The molecule has 1 heterocycles. The number of ether oxygens (including phenoxy) is 2. The molecule has 0 radical (unpaired) electrons. The van der Waals surface area contributed by atoms with Crippen LogP contribution in [-0.4, -0.2) is 28.0 Å². The zero-order valence-corrected chi connectivity index (χ0v) is 10.6. The highest BCUT2D eigenvalue weighted by Gasteiger charge is 2.18. The van der Waals surface area contributed by atoms with Gasteiger partial charge in [0, 0.05) is 0 Å². The molecule has 21 heavy (non-hydrogen) atoms. The second-order valence-corrected chi connectivity index (χ2v) is 3.70. The molecule has 0 unspecified atom stereocenters. The molecule has 0 aliphatic carbocycles. The number of nitro groups is 1. The minimum atomic E-state index is -0.783. The minimum Gasteiger partial charge on any atom is -0.464 e. The van der Waals surface area contributed by atoms with Crippen LogP contribution in [0.4, 0.5) is 10.1 Å². The highest BCUT2D eigenvalue weighted by atomic mass is 19.1. The van der Waals surface area contributed by atoms with Gasteiger partial charge in [-0.1, -0.05) is 0 Å². The van der Waals surface area contributed by atoms with Gasteiger partial charge in [0.2, 0.25) is 11.6 Å². The fraction of sp³-hybridized carbons (Fsp3) is 0.0833. The lowest BCUT2D eigenvalue weighted by atomic mass is 10.3. The Kier molecular flexibility index (Phi) is 4.02. The van der Waals surface area contributed by atoms with Crippen LogP contribution in [0.1, 0.15) is 10.5 Å². The molecule has 2 aromatic rings. The van der Waals surface area contributed by atoms with Crippen LogP contribution in [0.3, 0.4) is 0 Å². The van der Waals surface area contributed by atoms with Crippen LogP contribution in [0, 0.1) is 15.9 Å². The molecule has 0 atom stereocenters. The molecule has 0 bridgehead atoms. The predicted molar refractivity (Wildman–Crippen MR) is 66.5 cm³/mol. The van der Waals surface area contributed by atoms with Crippen molar-refractivity contribution < 1.29 is 23.6 Å². The molecule has 0 fully saturated rings. The van der Waals surface area contributed by atoms with Crippen LogP contribution in [-0.2, 0) is 4.74 Å². The summed E-state index contributed by atoms with van der Waals surface area (Å²) in [5, 5.41) is 10.8.